The van der Waals surface area contributed by atoms with E-state index < -0.39 is 29.2 Å². The number of ether oxygens (including phenoxy) is 2. The lowest BCUT2D eigenvalue weighted by Gasteiger charge is -2.21. The summed E-state index contributed by atoms with van der Waals surface area (Å²) in [5.41, 5.74) is -0.510. The highest BCUT2D eigenvalue weighted by molar-refractivity contribution is 7.17. The molecule has 0 radical (unpaired) electrons. The fraction of sp³-hybridized carbons (Fsp3) is 0.429. The van der Waals surface area contributed by atoms with Gasteiger partial charge in [-0.25, -0.2) is 4.79 Å². The Morgan fingerprint density at radius 2 is 2.03 bits per heavy atom. The van der Waals surface area contributed by atoms with E-state index in [1.54, 1.807) is 0 Å². The van der Waals surface area contributed by atoms with Gasteiger partial charge in [0.05, 0.1) is 35.5 Å². The van der Waals surface area contributed by atoms with Crippen LogP contribution in [-0.4, -0.2) is 24.6 Å². The summed E-state index contributed by atoms with van der Waals surface area (Å²) in [4.78, 5) is 26.3. The number of carbonyl (C=O) groups is 2. The lowest BCUT2D eigenvalue weighted by atomic mass is 10.0. The van der Waals surface area contributed by atoms with Crippen molar-refractivity contribution in [2.45, 2.75) is 51.0 Å². The quantitative estimate of drug-likeness (QED) is 0.637. The van der Waals surface area contributed by atoms with Gasteiger partial charge in [-0.05, 0) is 37.0 Å². The van der Waals surface area contributed by atoms with Crippen LogP contribution in [0.1, 0.15) is 69.0 Å². The number of nitrogens with one attached hydrogen (secondary N) is 1. The second-order valence-corrected chi connectivity index (χ2v) is 8.36. The molecule has 2 bridgehead atoms. The summed E-state index contributed by atoms with van der Waals surface area (Å²) < 4.78 is 51.1. The third-order valence-electron chi connectivity index (χ3n) is 5.22. The van der Waals surface area contributed by atoms with Gasteiger partial charge in [0.15, 0.2) is 0 Å². The van der Waals surface area contributed by atoms with E-state index in [1.165, 1.54) is 23.5 Å². The van der Waals surface area contributed by atoms with Crippen LogP contribution in [-0.2, 0) is 22.1 Å². The van der Waals surface area contributed by atoms with Crippen LogP contribution < -0.4 is 5.32 Å². The van der Waals surface area contributed by atoms with Gasteiger partial charge in [-0.15, -0.1) is 11.3 Å². The highest BCUT2D eigenvalue weighted by Crippen LogP contribution is 2.49. The average Bonchev–Trinajstić information content (AvgIpc) is 3.27. The van der Waals surface area contributed by atoms with E-state index in [-0.39, 0.29) is 29.4 Å². The molecule has 0 spiro atoms. The zero-order chi connectivity index (χ0) is 21.5. The molecule has 2 atom stereocenters. The van der Waals surface area contributed by atoms with Gasteiger partial charge in [-0.3, -0.25) is 4.79 Å². The summed E-state index contributed by atoms with van der Waals surface area (Å²) >= 11 is 1.18. The predicted octanol–water partition coefficient (Wildman–Crippen LogP) is 5.36. The molecule has 2 aliphatic rings. The molecule has 5 nitrogen and oxygen atoms in total. The summed E-state index contributed by atoms with van der Waals surface area (Å²) in [5, 5.41) is 2.74. The molecule has 3 heterocycles. The minimum absolute atomic E-state index is 0.00401. The molecular weight excluding hydrogens is 419 g/mol. The number of halogens is 3. The van der Waals surface area contributed by atoms with Gasteiger partial charge in [-0.1, -0.05) is 19.1 Å². The normalized spacial score (nSPS) is 20.0. The van der Waals surface area contributed by atoms with E-state index >= 15 is 0 Å². The molecule has 160 valence electrons. The maximum Gasteiger partial charge on any atom is 0.417 e. The third-order valence-corrected chi connectivity index (χ3v) is 6.46. The second-order valence-electron chi connectivity index (χ2n) is 7.31. The fourth-order valence-corrected chi connectivity index (χ4v) is 5.18. The van der Waals surface area contributed by atoms with Gasteiger partial charge in [0.1, 0.15) is 5.00 Å². The first-order chi connectivity index (χ1) is 14.3. The van der Waals surface area contributed by atoms with Crippen molar-refractivity contribution in [2.24, 2.45) is 0 Å². The van der Waals surface area contributed by atoms with Crippen LogP contribution in [0.3, 0.4) is 0 Å². The molecule has 1 amide bonds. The molecule has 1 saturated heterocycles. The van der Waals surface area contributed by atoms with E-state index in [1.807, 2.05) is 6.92 Å². The molecule has 1 aromatic heterocycles. The van der Waals surface area contributed by atoms with Crippen molar-refractivity contribution in [3.05, 3.63) is 51.4 Å². The Morgan fingerprint density at radius 3 is 2.77 bits per heavy atom. The van der Waals surface area contributed by atoms with Crippen molar-refractivity contribution in [1.82, 2.24) is 0 Å². The van der Waals surface area contributed by atoms with E-state index in [4.69, 9.17) is 9.47 Å². The van der Waals surface area contributed by atoms with Gasteiger partial charge in [0.2, 0.25) is 0 Å². The summed E-state index contributed by atoms with van der Waals surface area (Å²) in [6, 6.07) is 4.57. The highest BCUT2D eigenvalue weighted by Gasteiger charge is 2.40. The number of hydrogen-bond donors (Lipinski definition) is 1. The SMILES string of the molecule is CCCOC(=O)c1c(NC(=O)c2ccccc2C(F)(F)F)sc2c1CC1CCC2O1. The largest absolute Gasteiger partial charge is 0.462 e. The molecule has 1 N–H and O–H groups in total. The van der Waals surface area contributed by atoms with Gasteiger partial charge in [0, 0.05) is 11.3 Å². The van der Waals surface area contributed by atoms with E-state index in [9.17, 15) is 22.8 Å². The Morgan fingerprint density at radius 1 is 1.27 bits per heavy atom. The van der Waals surface area contributed by atoms with Crippen LogP contribution in [0, 0.1) is 0 Å². The monoisotopic (exact) mass is 439 g/mol. The van der Waals surface area contributed by atoms with Gasteiger partial charge < -0.3 is 14.8 Å². The Kier molecular flexibility index (Phi) is 5.59. The molecule has 2 aliphatic heterocycles. The van der Waals surface area contributed by atoms with E-state index in [2.05, 4.69) is 5.32 Å². The zero-order valence-electron chi connectivity index (χ0n) is 16.2. The number of hydrogen-bond acceptors (Lipinski definition) is 5. The molecule has 2 aromatic rings. The Hall–Kier alpha value is -2.39. The summed E-state index contributed by atoms with van der Waals surface area (Å²) in [5.74, 6) is -1.49. The molecule has 9 heteroatoms. The lowest BCUT2D eigenvalue weighted by molar-refractivity contribution is -0.137. The number of alkyl halides is 3. The van der Waals surface area contributed by atoms with Crippen LogP contribution in [0.4, 0.5) is 18.2 Å². The minimum Gasteiger partial charge on any atom is -0.462 e. The van der Waals surface area contributed by atoms with Gasteiger partial charge >= 0.3 is 12.1 Å². The maximum absolute atomic E-state index is 13.3. The van der Waals surface area contributed by atoms with Crippen molar-refractivity contribution in [3.63, 3.8) is 0 Å². The molecule has 1 fully saturated rings. The Balaban J connectivity index is 1.70. The fourth-order valence-electron chi connectivity index (χ4n) is 3.89. The Bertz CT molecular complexity index is 985. The highest BCUT2D eigenvalue weighted by atomic mass is 32.1. The van der Waals surface area contributed by atoms with E-state index in [0.29, 0.717) is 12.8 Å². The number of carbonyl (C=O) groups excluding carboxylic acids is 2. The zero-order valence-corrected chi connectivity index (χ0v) is 17.0. The van der Waals surface area contributed by atoms with Crippen LogP contribution in [0.5, 0.6) is 0 Å². The van der Waals surface area contributed by atoms with Crippen LogP contribution in [0.25, 0.3) is 0 Å². The standard InChI is InChI=1S/C21H20F3NO4S/c1-2-9-28-20(27)16-13-10-11-7-8-15(29-11)17(13)30-19(16)25-18(26)12-5-3-4-6-14(12)21(22,23)24/h3-6,11,15H,2,7-10H2,1H3,(H,25,26). The topological polar surface area (TPSA) is 64.6 Å². The molecule has 30 heavy (non-hydrogen) atoms. The van der Waals surface area contributed by atoms with Gasteiger partial charge in [0.25, 0.3) is 5.91 Å². The predicted molar refractivity (Wildman–Crippen MR) is 105 cm³/mol. The number of amides is 1. The summed E-state index contributed by atoms with van der Waals surface area (Å²) in [7, 11) is 0. The van der Waals surface area contributed by atoms with Crippen molar-refractivity contribution in [3.8, 4) is 0 Å². The number of esters is 1. The first-order valence-electron chi connectivity index (χ1n) is 9.75. The molecular formula is C21H20F3NO4S. The lowest BCUT2D eigenvalue weighted by Crippen LogP contribution is -2.21. The van der Waals surface area contributed by atoms with Crippen molar-refractivity contribution < 1.29 is 32.2 Å². The average molecular weight is 439 g/mol. The number of rotatable bonds is 5. The summed E-state index contributed by atoms with van der Waals surface area (Å²) in [6.07, 6.45) is -1.97. The van der Waals surface area contributed by atoms with Crippen molar-refractivity contribution in [1.29, 1.82) is 0 Å². The second kappa shape index (κ2) is 8.03. The smallest absolute Gasteiger partial charge is 0.417 e. The summed E-state index contributed by atoms with van der Waals surface area (Å²) in [6.45, 7) is 2.08. The minimum atomic E-state index is -4.67. The first kappa shape index (κ1) is 20.9. The number of thiophene rings is 1. The molecule has 0 saturated carbocycles. The molecule has 0 aliphatic carbocycles. The Labute approximate surface area is 175 Å². The number of benzene rings is 1. The number of anilines is 1. The molecule has 1 aromatic carbocycles. The van der Waals surface area contributed by atoms with E-state index in [0.717, 1.165) is 35.4 Å². The number of fused-ring (bicyclic) bond motifs is 4. The van der Waals surface area contributed by atoms with Crippen LogP contribution >= 0.6 is 11.3 Å². The molecule has 4 rings (SSSR count). The van der Waals surface area contributed by atoms with Crippen molar-refractivity contribution in [2.75, 3.05) is 11.9 Å². The molecule has 2 unspecified atom stereocenters. The van der Waals surface area contributed by atoms with Gasteiger partial charge in [-0.2, -0.15) is 13.2 Å². The van der Waals surface area contributed by atoms with Crippen LogP contribution in [0.15, 0.2) is 24.3 Å². The van der Waals surface area contributed by atoms with Crippen LogP contribution in [0.2, 0.25) is 0 Å². The third kappa shape index (κ3) is 3.83. The first-order valence-corrected chi connectivity index (χ1v) is 10.6. The maximum atomic E-state index is 13.3. The van der Waals surface area contributed by atoms with Crippen molar-refractivity contribution >= 4 is 28.2 Å².